The molecule has 2 aromatic carbocycles. The lowest BCUT2D eigenvalue weighted by atomic mass is 10.0. The van der Waals surface area contributed by atoms with Crippen molar-refractivity contribution in [1.29, 1.82) is 0 Å². The summed E-state index contributed by atoms with van der Waals surface area (Å²) in [4.78, 5) is 13.3. The zero-order valence-corrected chi connectivity index (χ0v) is 20.7. The standard InChI is InChI=1S/C26H31ClN6O/c1-4-5-9-24-25(27)31(16-15-19(2)3)26(34)32(24)17-20-11-13-21(14-12-20)22-8-6-7-10-23(22)33-18-28-29-30-33/h6-8,10-14,18-19H,4-5,9,15-17H2,1-3H3. The minimum absolute atomic E-state index is 0.0233. The van der Waals surface area contributed by atoms with Crippen LogP contribution < -0.4 is 5.69 Å². The molecule has 34 heavy (non-hydrogen) atoms. The van der Waals surface area contributed by atoms with Crippen molar-refractivity contribution in [3.63, 3.8) is 0 Å². The van der Waals surface area contributed by atoms with Gasteiger partial charge in [0.2, 0.25) is 0 Å². The van der Waals surface area contributed by atoms with E-state index < -0.39 is 0 Å². The normalized spacial score (nSPS) is 11.4. The molecule has 0 N–H and O–H groups in total. The fourth-order valence-corrected chi connectivity index (χ4v) is 4.45. The summed E-state index contributed by atoms with van der Waals surface area (Å²) in [7, 11) is 0. The van der Waals surface area contributed by atoms with Gasteiger partial charge in [0, 0.05) is 12.1 Å². The van der Waals surface area contributed by atoms with Crippen LogP contribution in [0.2, 0.25) is 5.15 Å². The van der Waals surface area contributed by atoms with E-state index in [4.69, 9.17) is 11.6 Å². The van der Waals surface area contributed by atoms with Gasteiger partial charge in [0.15, 0.2) is 0 Å². The number of para-hydroxylation sites is 1. The zero-order chi connectivity index (χ0) is 24.1. The molecular weight excluding hydrogens is 448 g/mol. The maximum Gasteiger partial charge on any atom is 0.329 e. The SMILES string of the molecule is CCCCc1c(Cl)n(CCC(C)C)c(=O)n1Cc1ccc(-c2ccccc2-n2cnnn2)cc1. The van der Waals surface area contributed by atoms with Gasteiger partial charge in [-0.3, -0.25) is 9.13 Å². The van der Waals surface area contributed by atoms with Crippen LogP contribution >= 0.6 is 11.6 Å². The molecule has 0 fully saturated rings. The molecule has 0 amide bonds. The van der Waals surface area contributed by atoms with Gasteiger partial charge in [0.1, 0.15) is 11.5 Å². The van der Waals surface area contributed by atoms with Crippen LogP contribution in [-0.4, -0.2) is 29.3 Å². The molecule has 0 bridgehead atoms. The van der Waals surface area contributed by atoms with Crippen molar-refractivity contribution in [2.75, 3.05) is 0 Å². The number of benzene rings is 2. The lowest BCUT2D eigenvalue weighted by Gasteiger charge is -2.11. The average Bonchev–Trinajstić information content (AvgIpc) is 3.45. The molecule has 4 aromatic rings. The highest BCUT2D eigenvalue weighted by atomic mass is 35.5. The first-order valence-electron chi connectivity index (χ1n) is 11.9. The minimum Gasteiger partial charge on any atom is -0.290 e. The van der Waals surface area contributed by atoms with E-state index in [0.29, 0.717) is 24.2 Å². The Bertz CT molecular complexity index is 1270. The second-order valence-electron chi connectivity index (χ2n) is 9.01. The fraction of sp³-hybridized carbons (Fsp3) is 0.385. The molecule has 0 radical (unpaired) electrons. The summed E-state index contributed by atoms with van der Waals surface area (Å²) < 4.78 is 5.25. The first kappa shape index (κ1) is 24.0. The van der Waals surface area contributed by atoms with Gasteiger partial charge in [-0.2, -0.15) is 4.68 Å². The fourth-order valence-electron chi connectivity index (χ4n) is 4.10. The van der Waals surface area contributed by atoms with Gasteiger partial charge in [0.25, 0.3) is 0 Å². The highest BCUT2D eigenvalue weighted by Crippen LogP contribution is 2.27. The second kappa shape index (κ2) is 10.8. The second-order valence-corrected chi connectivity index (χ2v) is 9.37. The third kappa shape index (κ3) is 5.14. The number of imidazole rings is 1. The molecule has 0 aliphatic heterocycles. The molecule has 0 atom stereocenters. The van der Waals surface area contributed by atoms with Gasteiger partial charge in [0.05, 0.1) is 17.9 Å². The third-order valence-electron chi connectivity index (χ3n) is 6.07. The Morgan fingerprint density at radius 1 is 1.03 bits per heavy atom. The molecule has 178 valence electrons. The zero-order valence-electron chi connectivity index (χ0n) is 20.0. The number of aromatic nitrogens is 6. The Hall–Kier alpha value is -3.19. The van der Waals surface area contributed by atoms with E-state index >= 15 is 0 Å². The van der Waals surface area contributed by atoms with E-state index in [1.54, 1.807) is 15.6 Å². The smallest absolute Gasteiger partial charge is 0.290 e. The molecule has 0 saturated heterocycles. The monoisotopic (exact) mass is 478 g/mol. The highest BCUT2D eigenvalue weighted by molar-refractivity contribution is 6.30. The summed E-state index contributed by atoms with van der Waals surface area (Å²) in [5.74, 6) is 0.508. The van der Waals surface area contributed by atoms with Crippen molar-refractivity contribution < 1.29 is 0 Å². The maximum atomic E-state index is 13.3. The van der Waals surface area contributed by atoms with Gasteiger partial charge < -0.3 is 0 Å². The number of hydrogen-bond donors (Lipinski definition) is 0. The van der Waals surface area contributed by atoms with Crippen LogP contribution in [0.1, 0.15) is 51.3 Å². The van der Waals surface area contributed by atoms with Crippen LogP contribution in [0.5, 0.6) is 0 Å². The van der Waals surface area contributed by atoms with E-state index in [1.807, 2.05) is 28.8 Å². The largest absolute Gasteiger partial charge is 0.329 e. The van der Waals surface area contributed by atoms with Gasteiger partial charge in [-0.05, 0) is 52.8 Å². The molecular formula is C26H31ClN6O. The van der Waals surface area contributed by atoms with Gasteiger partial charge in [-0.25, -0.2) is 4.79 Å². The van der Waals surface area contributed by atoms with Crippen molar-refractivity contribution in [2.24, 2.45) is 5.92 Å². The number of nitrogens with zero attached hydrogens (tertiary/aromatic N) is 6. The number of unbranched alkanes of at least 4 members (excludes halogenated alkanes) is 1. The summed E-state index contributed by atoms with van der Waals surface area (Å²) in [6.07, 6.45) is 5.37. The van der Waals surface area contributed by atoms with Crippen molar-refractivity contribution in [3.8, 4) is 16.8 Å². The molecule has 8 heteroatoms. The molecule has 4 rings (SSSR count). The molecule has 0 spiro atoms. The highest BCUT2D eigenvalue weighted by Gasteiger charge is 2.18. The first-order chi connectivity index (χ1) is 16.5. The summed E-state index contributed by atoms with van der Waals surface area (Å²) in [6.45, 7) is 7.62. The topological polar surface area (TPSA) is 70.5 Å². The van der Waals surface area contributed by atoms with Crippen molar-refractivity contribution in [3.05, 3.63) is 81.8 Å². The predicted octanol–water partition coefficient (Wildman–Crippen LogP) is 5.38. The summed E-state index contributed by atoms with van der Waals surface area (Å²) >= 11 is 6.72. The van der Waals surface area contributed by atoms with Crippen LogP contribution in [0, 0.1) is 5.92 Å². The Kier molecular flexibility index (Phi) is 7.63. The molecule has 0 unspecified atom stereocenters. The first-order valence-corrected chi connectivity index (χ1v) is 12.3. The van der Waals surface area contributed by atoms with Crippen LogP contribution in [0.4, 0.5) is 0 Å². The van der Waals surface area contributed by atoms with E-state index in [0.717, 1.165) is 53.8 Å². The summed E-state index contributed by atoms with van der Waals surface area (Å²) in [6, 6.07) is 16.3. The Labute approximate surface area is 205 Å². The number of halogens is 1. The minimum atomic E-state index is -0.0233. The lowest BCUT2D eigenvalue weighted by Crippen LogP contribution is -2.26. The molecule has 0 saturated carbocycles. The third-order valence-corrected chi connectivity index (χ3v) is 6.49. The van der Waals surface area contributed by atoms with Crippen LogP contribution in [0.15, 0.2) is 59.7 Å². The van der Waals surface area contributed by atoms with Crippen molar-refractivity contribution >= 4 is 11.6 Å². The number of tetrazole rings is 1. The average molecular weight is 479 g/mol. The lowest BCUT2D eigenvalue weighted by molar-refractivity contribution is 0.503. The van der Waals surface area contributed by atoms with E-state index in [-0.39, 0.29) is 5.69 Å². The molecule has 2 aromatic heterocycles. The predicted molar refractivity (Wildman–Crippen MR) is 135 cm³/mol. The van der Waals surface area contributed by atoms with E-state index in [2.05, 4.69) is 60.6 Å². The van der Waals surface area contributed by atoms with Crippen molar-refractivity contribution in [1.82, 2.24) is 29.3 Å². The van der Waals surface area contributed by atoms with E-state index in [1.165, 1.54) is 0 Å². The van der Waals surface area contributed by atoms with Gasteiger partial charge >= 0.3 is 5.69 Å². The quantitative estimate of drug-likeness (QED) is 0.306. The van der Waals surface area contributed by atoms with Crippen LogP contribution in [0.25, 0.3) is 16.8 Å². The van der Waals surface area contributed by atoms with Gasteiger partial charge in [-0.1, -0.05) is 81.3 Å². The van der Waals surface area contributed by atoms with Crippen LogP contribution in [0.3, 0.4) is 0 Å². The Morgan fingerprint density at radius 3 is 2.47 bits per heavy atom. The van der Waals surface area contributed by atoms with Crippen LogP contribution in [-0.2, 0) is 19.5 Å². The van der Waals surface area contributed by atoms with E-state index in [9.17, 15) is 4.79 Å². The molecule has 0 aliphatic carbocycles. The molecule has 7 nitrogen and oxygen atoms in total. The number of rotatable bonds is 10. The Morgan fingerprint density at radius 2 is 1.79 bits per heavy atom. The molecule has 0 aliphatic rings. The number of hydrogen-bond acceptors (Lipinski definition) is 4. The molecule has 2 heterocycles. The van der Waals surface area contributed by atoms with Gasteiger partial charge in [-0.15, -0.1) is 5.10 Å². The summed E-state index contributed by atoms with van der Waals surface area (Å²) in [5, 5.41) is 12.1. The summed E-state index contributed by atoms with van der Waals surface area (Å²) in [5.41, 5.74) is 4.97. The van der Waals surface area contributed by atoms with Crippen molar-refractivity contribution in [2.45, 2.75) is 59.5 Å². The Balaban J connectivity index is 1.63. The maximum absolute atomic E-state index is 13.3.